The minimum atomic E-state index is -0.349. The number of halogens is 1. The van der Waals surface area contributed by atoms with E-state index in [1.54, 1.807) is 6.07 Å². The van der Waals surface area contributed by atoms with E-state index in [9.17, 15) is 4.79 Å². The molecule has 26 heavy (non-hydrogen) atoms. The van der Waals surface area contributed by atoms with Crippen molar-refractivity contribution < 1.29 is 14.3 Å². The highest BCUT2D eigenvalue weighted by atomic mass is 79.9. The molecule has 2 aromatic heterocycles. The number of hydrogen-bond donors (Lipinski definition) is 0. The normalized spacial score (nSPS) is 16.5. The van der Waals surface area contributed by atoms with E-state index < -0.39 is 0 Å². The van der Waals surface area contributed by atoms with Crippen molar-refractivity contribution in [2.75, 3.05) is 13.7 Å². The average Bonchev–Trinajstić information content (AvgIpc) is 2.95. The van der Waals surface area contributed by atoms with Crippen LogP contribution in [0.25, 0.3) is 11.0 Å². The van der Waals surface area contributed by atoms with E-state index in [1.165, 1.54) is 7.11 Å². The molecule has 1 saturated heterocycles. The number of esters is 1. The number of rotatable bonds is 5. The number of aromatic nitrogens is 3. The van der Waals surface area contributed by atoms with Gasteiger partial charge in [0.25, 0.3) is 0 Å². The first kappa shape index (κ1) is 17.2. The maximum Gasteiger partial charge on any atom is 0.337 e. The van der Waals surface area contributed by atoms with Crippen molar-refractivity contribution in [1.29, 1.82) is 0 Å². The molecule has 1 unspecified atom stereocenters. The summed E-state index contributed by atoms with van der Waals surface area (Å²) < 4.78 is 13.4. The lowest BCUT2D eigenvalue weighted by molar-refractivity contribution is -0.0589. The van der Waals surface area contributed by atoms with E-state index >= 15 is 0 Å². The molecule has 0 aliphatic carbocycles. The first-order chi connectivity index (χ1) is 12.6. The Kier molecular flexibility index (Phi) is 4.74. The molecule has 3 heterocycles. The zero-order valence-corrected chi connectivity index (χ0v) is 15.9. The van der Waals surface area contributed by atoms with Crippen LogP contribution in [-0.2, 0) is 22.4 Å². The molecule has 1 aliphatic rings. The van der Waals surface area contributed by atoms with Crippen molar-refractivity contribution in [3.05, 3.63) is 58.1 Å². The van der Waals surface area contributed by atoms with E-state index in [0.717, 1.165) is 46.6 Å². The van der Waals surface area contributed by atoms with Crippen molar-refractivity contribution >= 4 is 32.9 Å². The molecule has 0 bridgehead atoms. The molecule has 1 aromatic carbocycles. The topological polar surface area (TPSA) is 66.2 Å². The summed E-state index contributed by atoms with van der Waals surface area (Å²) in [6.45, 7) is 1.52. The maximum atomic E-state index is 11.9. The zero-order chi connectivity index (χ0) is 18.1. The fraction of sp³-hybridized carbons (Fsp3) is 0.316. The van der Waals surface area contributed by atoms with Gasteiger partial charge in [0, 0.05) is 19.2 Å². The van der Waals surface area contributed by atoms with Crippen LogP contribution in [0, 0.1) is 0 Å². The number of imidazole rings is 1. The molecular formula is C19H18BrN3O3. The lowest BCUT2D eigenvalue weighted by Gasteiger charge is -2.27. The van der Waals surface area contributed by atoms with E-state index in [2.05, 4.69) is 25.5 Å². The number of methoxy groups -OCH3 is 1. The highest BCUT2D eigenvalue weighted by Crippen LogP contribution is 2.24. The van der Waals surface area contributed by atoms with Gasteiger partial charge >= 0.3 is 5.97 Å². The highest BCUT2D eigenvalue weighted by Gasteiger charge is 2.22. The number of benzene rings is 1. The maximum absolute atomic E-state index is 11.9. The van der Waals surface area contributed by atoms with Gasteiger partial charge in [0.15, 0.2) is 0 Å². The molecule has 134 valence electrons. The summed E-state index contributed by atoms with van der Waals surface area (Å²) in [5.41, 5.74) is 3.38. The van der Waals surface area contributed by atoms with Gasteiger partial charge in [-0.05, 0) is 52.2 Å². The number of fused-ring (bicyclic) bond motifs is 1. The van der Waals surface area contributed by atoms with Gasteiger partial charge in [-0.1, -0.05) is 6.07 Å². The van der Waals surface area contributed by atoms with Crippen molar-refractivity contribution in [3.63, 3.8) is 0 Å². The summed E-state index contributed by atoms with van der Waals surface area (Å²) in [5, 5.41) is 0. The monoisotopic (exact) mass is 415 g/mol. The molecule has 3 aromatic rings. The van der Waals surface area contributed by atoms with Gasteiger partial charge in [0.1, 0.15) is 10.4 Å². The Hall–Kier alpha value is -2.25. The largest absolute Gasteiger partial charge is 0.465 e. The van der Waals surface area contributed by atoms with Crippen molar-refractivity contribution in [2.24, 2.45) is 0 Å². The molecule has 1 aliphatic heterocycles. The SMILES string of the molecule is COC(=O)c1ccc2nc(Cc3ccc(Br)nc3)n(CC3CCO3)c2c1. The molecule has 0 amide bonds. The number of carbonyl (C=O) groups is 1. The van der Waals surface area contributed by atoms with E-state index in [-0.39, 0.29) is 12.1 Å². The summed E-state index contributed by atoms with van der Waals surface area (Å²) in [4.78, 5) is 21.0. The predicted molar refractivity (Wildman–Crippen MR) is 100 cm³/mol. The standard InChI is InChI=1S/C19H18BrN3O3/c1-25-19(24)13-3-4-15-16(9-13)23(11-14-6-7-26-14)18(22-15)8-12-2-5-17(20)21-10-12/h2-5,9-10,14H,6-8,11H2,1H3. The van der Waals surface area contributed by atoms with E-state index in [1.807, 2.05) is 30.5 Å². The minimum Gasteiger partial charge on any atom is -0.465 e. The Morgan fingerprint density at radius 2 is 2.23 bits per heavy atom. The lowest BCUT2D eigenvalue weighted by atomic mass is 10.1. The van der Waals surface area contributed by atoms with Gasteiger partial charge in [-0.25, -0.2) is 14.8 Å². The van der Waals surface area contributed by atoms with Crippen LogP contribution in [0.3, 0.4) is 0 Å². The summed E-state index contributed by atoms with van der Waals surface area (Å²) >= 11 is 3.36. The number of nitrogens with zero attached hydrogens (tertiary/aromatic N) is 3. The van der Waals surface area contributed by atoms with Gasteiger partial charge < -0.3 is 14.0 Å². The first-order valence-electron chi connectivity index (χ1n) is 8.43. The molecule has 0 N–H and O–H groups in total. The fourth-order valence-electron chi connectivity index (χ4n) is 3.08. The van der Waals surface area contributed by atoms with Crippen LogP contribution in [0.2, 0.25) is 0 Å². The second-order valence-corrected chi connectivity index (χ2v) is 7.09. The Labute approximate surface area is 159 Å². The second kappa shape index (κ2) is 7.17. The number of carbonyl (C=O) groups excluding carboxylic acids is 1. The number of pyridine rings is 1. The summed E-state index contributed by atoms with van der Waals surface area (Å²) in [5.74, 6) is 0.583. The molecular weight excluding hydrogens is 398 g/mol. The summed E-state index contributed by atoms with van der Waals surface area (Å²) in [6.07, 6.45) is 3.73. The van der Waals surface area contributed by atoms with Crippen molar-refractivity contribution in [2.45, 2.75) is 25.5 Å². The number of hydrogen-bond acceptors (Lipinski definition) is 5. The predicted octanol–water partition coefficient (Wildman–Crippen LogP) is 3.36. The molecule has 1 atom stereocenters. The number of ether oxygens (including phenoxy) is 2. The summed E-state index contributed by atoms with van der Waals surface area (Å²) in [6, 6.07) is 9.41. The molecule has 0 spiro atoms. The smallest absolute Gasteiger partial charge is 0.337 e. The summed E-state index contributed by atoms with van der Waals surface area (Å²) in [7, 11) is 1.39. The van der Waals surface area contributed by atoms with Crippen LogP contribution < -0.4 is 0 Å². The lowest BCUT2D eigenvalue weighted by Crippen LogP contribution is -2.31. The zero-order valence-electron chi connectivity index (χ0n) is 14.3. The third kappa shape index (κ3) is 3.37. The Morgan fingerprint density at radius 3 is 2.88 bits per heavy atom. The molecule has 1 fully saturated rings. The van der Waals surface area contributed by atoms with Crippen LogP contribution in [0.4, 0.5) is 0 Å². The quantitative estimate of drug-likeness (QED) is 0.472. The average molecular weight is 416 g/mol. The van der Waals surface area contributed by atoms with Crippen LogP contribution in [0.1, 0.15) is 28.2 Å². The van der Waals surface area contributed by atoms with Gasteiger partial charge in [-0.3, -0.25) is 0 Å². The highest BCUT2D eigenvalue weighted by molar-refractivity contribution is 9.10. The van der Waals surface area contributed by atoms with Crippen LogP contribution >= 0.6 is 15.9 Å². The van der Waals surface area contributed by atoms with Crippen LogP contribution in [0.5, 0.6) is 0 Å². The van der Waals surface area contributed by atoms with Crippen LogP contribution in [0.15, 0.2) is 41.1 Å². The van der Waals surface area contributed by atoms with E-state index in [4.69, 9.17) is 14.5 Å². The van der Waals surface area contributed by atoms with Crippen molar-refractivity contribution in [3.8, 4) is 0 Å². The molecule has 6 nitrogen and oxygen atoms in total. The van der Waals surface area contributed by atoms with Crippen LogP contribution in [-0.4, -0.2) is 40.3 Å². The van der Waals surface area contributed by atoms with Gasteiger partial charge in [0.05, 0.1) is 36.4 Å². The second-order valence-electron chi connectivity index (χ2n) is 6.28. The van der Waals surface area contributed by atoms with Crippen molar-refractivity contribution in [1.82, 2.24) is 14.5 Å². The van der Waals surface area contributed by atoms with Gasteiger partial charge in [-0.15, -0.1) is 0 Å². The molecule has 7 heteroatoms. The minimum absolute atomic E-state index is 0.191. The van der Waals surface area contributed by atoms with Gasteiger partial charge in [-0.2, -0.15) is 0 Å². The third-order valence-corrected chi connectivity index (χ3v) is 5.05. The molecule has 0 radical (unpaired) electrons. The first-order valence-corrected chi connectivity index (χ1v) is 9.23. The Bertz CT molecular complexity index is 949. The fourth-order valence-corrected chi connectivity index (χ4v) is 3.32. The van der Waals surface area contributed by atoms with E-state index in [0.29, 0.717) is 12.0 Å². The molecule has 0 saturated carbocycles. The third-order valence-electron chi connectivity index (χ3n) is 4.58. The molecule has 4 rings (SSSR count). The van der Waals surface area contributed by atoms with Gasteiger partial charge in [0.2, 0.25) is 0 Å². The Balaban J connectivity index is 1.75. The Morgan fingerprint density at radius 1 is 1.38 bits per heavy atom.